The highest BCUT2D eigenvalue weighted by Crippen LogP contribution is 2.30. The molecule has 1 aliphatic heterocycles. The lowest BCUT2D eigenvalue weighted by atomic mass is 10.1. The van der Waals surface area contributed by atoms with E-state index in [-0.39, 0.29) is 11.8 Å². The molecular formula is C13H13BrN2O. The van der Waals surface area contributed by atoms with Gasteiger partial charge in [0.05, 0.1) is 18.2 Å². The number of hydrogen-bond donors (Lipinski definition) is 0. The van der Waals surface area contributed by atoms with Gasteiger partial charge in [-0.05, 0) is 37.0 Å². The maximum Gasteiger partial charge on any atom is 0.251 e. The van der Waals surface area contributed by atoms with Crippen molar-refractivity contribution in [2.75, 3.05) is 0 Å². The topological polar surface area (TPSA) is 32.7 Å². The van der Waals surface area contributed by atoms with Gasteiger partial charge in [0.2, 0.25) is 0 Å². The van der Waals surface area contributed by atoms with Gasteiger partial charge in [-0.2, -0.15) is 5.10 Å². The summed E-state index contributed by atoms with van der Waals surface area (Å²) < 4.78 is 1.05. The first kappa shape index (κ1) is 11.0. The number of fused-ring (bicyclic) bond motifs is 1. The van der Waals surface area contributed by atoms with Crippen molar-refractivity contribution in [3.8, 4) is 0 Å². The number of amides is 1. The number of rotatable bonds is 2. The minimum Gasteiger partial charge on any atom is -0.272 e. The molecule has 4 heteroatoms. The van der Waals surface area contributed by atoms with E-state index in [0.29, 0.717) is 6.54 Å². The minimum atomic E-state index is 0.0884. The van der Waals surface area contributed by atoms with Crippen LogP contribution in [0.5, 0.6) is 0 Å². The average molecular weight is 293 g/mol. The molecule has 1 aromatic carbocycles. The summed E-state index contributed by atoms with van der Waals surface area (Å²) >= 11 is 3.40. The summed E-state index contributed by atoms with van der Waals surface area (Å²) in [6.45, 7) is 0.589. The third-order valence-electron chi connectivity index (χ3n) is 3.38. The molecule has 3 rings (SSSR count). The summed E-state index contributed by atoms with van der Waals surface area (Å²) in [7, 11) is 0. The summed E-state index contributed by atoms with van der Waals surface area (Å²) in [5, 5.41) is 6.06. The highest BCUT2D eigenvalue weighted by molar-refractivity contribution is 9.10. The van der Waals surface area contributed by atoms with Crippen LogP contribution in [0.25, 0.3) is 0 Å². The van der Waals surface area contributed by atoms with Gasteiger partial charge in [0.25, 0.3) is 5.91 Å². The van der Waals surface area contributed by atoms with E-state index < -0.39 is 0 Å². The first-order valence-electron chi connectivity index (χ1n) is 5.87. The molecule has 0 N–H and O–H groups in total. The quantitative estimate of drug-likeness (QED) is 0.825. The van der Waals surface area contributed by atoms with Crippen LogP contribution in [0.15, 0.2) is 33.8 Å². The maximum atomic E-state index is 12.1. The zero-order valence-corrected chi connectivity index (χ0v) is 11.0. The Kier molecular flexibility index (Phi) is 2.74. The van der Waals surface area contributed by atoms with Gasteiger partial charge in [-0.15, -0.1) is 0 Å². The van der Waals surface area contributed by atoms with Crippen LogP contribution in [0.1, 0.15) is 24.8 Å². The van der Waals surface area contributed by atoms with Crippen LogP contribution in [-0.4, -0.2) is 16.6 Å². The Labute approximate surface area is 109 Å². The van der Waals surface area contributed by atoms with Crippen molar-refractivity contribution in [2.45, 2.75) is 25.8 Å². The molecule has 1 atom stereocenters. The lowest BCUT2D eigenvalue weighted by Crippen LogP contribution is -2.25. The van der Waals surface area contributed by atoms with Crippen LogP contribution in [0, 0.1) is 5.92 Å². The number of nitrogens with zero attached hydrogens (tertiary/aromatic N) is 2. The second kappa shape index (κ2) is 4.26. The highest BCUT2D eigenvalue weighted by Gasteiger charge is 2.38. The number of halogens is 1. The number of hydrogen-bond acceptors (Lipinski definition) is 2. The monoisotopic (exact) mass is 292 g/mol. The van der Waals surface area contributed by atoms with Crippen molar-refractivity contribution >= 4 is 27.5 Å². The van der Waals surface area contributed by atoms with Crippen molar-refractivity contribution in [1.29, 1.82) is 0 Å². The fraction of sp³-hybridized carbons (Fsp3) is 0.385. The smallest absolute Gasteiger partial charge is 0.251 e. The second-order valence-corrected chi connectivity index (χ2v) is 5.47. The second-order valence-electron chi connectivity index (χ2n) is 4.56. The van der Waals surface area contributed by atoms with Gasteiger partial charge in [0.1, 0.15) is 0 Å². The molecule has 1 saturated carbocycles. The van der Waals surface area contributed by atoms with E-state index in [1.54, 1.807) is 5.01 Å². The molecule has 17 heavy (non-hydrogen) atoms. The molecule has 0 saturated heterocycles. The minimum absolute atomic E-state index is 0.0884. The molecule has 1 aliphatic carbocycles. The molecule has 3 nitrogen and oxygen atoms in total. The van der Waals surface area contributed by atoms with E-state index in [2.05, 4.69) is 21.0 Å². The van der Waals surface area contributed by atoms with E-state index in [4.69, 9.17) is 0 Å². The molecule has 1 unspecified atom stereocenters. The lowest BCUT2D eigenvalue weighted by Gasteiger charge is -2.13. The molecule has 0 spiro atoms. The summed E-state index contributed by atoms with van der Waals surface area (Å²) in [6, 6.07) is 8.02. The van der Waals surface area contributed by atoms with Gasteiger partial charge in [0.15, 0.2) is 0 Å². The summed E-state index contributed by atoms with van der Waals surface area (Å²) in [4.78, 5) is 12.1. The molecule has 0 bridgehead atoms. The van der Waals surface area contributed by atoms with E-state index in [1.165, 1.54) is 0 Å². The van der Waals surface area contributed by atoms with Crippen LogP contribution >= 0.6 is 15.9 Å². The molecular weight excluding hydrogens is 280 g/mol. The first-order chi connectivity index (χ1) is 8.24. The van der Waals surface area contributed by atoms with Crippen molar-refractivity contribution in [2.24, 2.45) is 11.0 Å². The van der Waals surface area contributed by atoms with Crippen LogP contribution < -0.4 is 0 Å². The molecule has 0 radical (unpaired) electrons. The Balaban J connectivity index is 1.76. The largest absolute Gasteiger partial charge is 0.272 e. The van der Waals surface area contributed by atoms with E-state index >= 15 is 0 Å². The predicted octanol–water partition coefficient (Wildman–Crippen LogP) is 2.95. The first-order valence-corrected chi connectivity index (χ1v) is 6.66. The molecule has 2 aliphatic rings. The predicted molar refractivity (Wildman–Crippen MR) is 69.5 cm³/mol. The van der Waals surface area contributed by atoms with Gasteiger partial charge in [-0.1, -0.05) is 28.1 Å². The lowest BCUT2D eigenvalue weighted by molar-refractivity contribution is -0.132. The van der Waals surface area contributed by atoms with E-state index in [0.717, 1.165) is 35.0 Å². The molecule has 1 aromatic rings. The Hall–Kier alpha value is -1.16. The number of carbonyl (C=O) groups excluding carboxylic acids is 1. The van der Waals surface area contributed by atoms with E-state index in [9.17, 15) is 4.79 Å². The summed E-state index contributed by atoms with van der Waals surface area (Å²) in [5.74, 6) is 0.269. The molecule has 1 amide bonds. The zero-order valence-electron chi connectivity index (χ0n) is 9.40. The van der Waals surface area contributed by atoms with Gasteiger partial charge in [0, 0.05) is 4.47 Å². The van der Waals surface area contributed by atoms with Crippen LogP contribution in [0.4, 0.5) is 0 Å². The van der Waals surface area contributed by atoms with Crippen molar-refractivity contribution in [3.63, 3.8) is 0 Å². The Morgan fingerprint density at radius 1 is 1.35 bits per heavy atom. The number of carbonyl (C=O) groups is 1. The maximum absolute atomic E-state index is 12.1. The summed E-state index contributed by atoms with van der Waals surface area (Å²) in [5.41, 5.74) is 2.21. The van der Waals surface area contributed by atoms with Crippen LogP contribution in [0.2, 0.25) is 0 Å². The fourth-order valence-corrected chi connectivity index (χ4v) is 2.74. The number of benzene rings is 1. The Morgan fingerprint density at radius 3 is 2.82 bits per heavy atom. The van der Waals surface area contributed by atoms with Gasteiger partial charge < -0.3 is 0 Å². The Morgan fingerprint density at radius 2 is 2.12 bits per heavy atom. The zero-order chi connectivity index (χ0) is 11.8. The SMILES string of the molecule is O=C1C2CCCC2=NN1Cc1ccc(Br)cc1. The highest BCUT2D eigenvalue weighted by atomic mass is 79.9. The molecule has 88 valence electrons. The number of hydrazone groups is 1. The van der Waals surface area contributed by atoms with Gasteiger partial charge in [-0.25, -0.2) is 5.01 Å². The van der Waals surface area contributed by atoms with Crippen molar-refractivity contribution < 1.29 is 4.79 Å². The van der Waals surface area contributed by atoms with Crippen LogP contribution in [0.3, 0.4) is 0 Å². The standard InChI is InChI=1S/C13H13BrN2O/c14-10-6-4-9(5-7-10)8-16-13(17)11-2-1-3-12(11)15-16/h4-7,11H,1-3,8H2. The summed E-state index contributed by atoms with van der Waals surface area (Å²) in [6.07, 6.45) is 3.09. The average Bonchev–Trinajstić information content (AvgIpc) is 2.87. The molecule has 0 aromatic heterocycles. The third kappa shape index (κ3) is 2.02. The van der Waals surface area contributed by atoms with Gasteiger partial charge >= 0.3 is 0 Å². The molecule has 1 heterocycles. The van der Waals surface area contributed by atoms with Gasteiger partial charge in [-0.3, -0.25) is 4.79 Å². The normalized spacial score (nSPS) is 22.9. The molecule has 1 fully saturated rings. The van der Waals surface area contributed by atoms with Crippen LogP contribution in [-0.2, 0) is 11.3 Å². The fourth-order valence-electron chi connectivity index (χ4n) is 2.47. The van der Waals surface area contributed by atoms with E-state index in [1.807, 2.05) is 24.3 Å². The van der Waals surface area contributed by atoms with Crippen molar-refractivity contribution in [1.82, 2.24) is 5.01 Å². The van der Waals surface area contributed by atoms with Crippen molar-refractivity contribution in [3.05, 3.63) is 34.3 Å². The Bertz CT molecular complexity index is 481. The third-order valence-corrected chi connectivity index (χ3v) is 3.90.